The van der Waals surface area contributed by atoms with Crippen molar-refractivity contribution in [1.29, 1.82) is 0 Å². The van der Waals surface area contributed by atoms with E-state index >= 15 is 0 Å². The van der Waals surface area contributed by atoms with E-state index in [1.54, 1.807) is 0 Å². The van der Waals surface area contributed by atoms with Gasteiger partial charge in [0.15, 0.2) is 0 Å². The molecule has 0 aliphatic carbocycles. The average molecular weight is 465 g/mol. The minimum absolute atomic E-state index is 0.617. The highest BCUT2D eigenvalue weighted by Crippen LogP contribution is 2.28. The summed E-state index contributed by atoms with van der Waals surface area (Å²) in [4.78, 5) is 0. The lowest BCUT2D eigenvalue weighted by molar-refractivity contribution is 0.246. The van der Waals surface area contributed by atoms with Crippen molar-refractivity contribution in [2.24, 2.45) is 0 Å². The van der Waals surface area contributed by atoms with Crippen molar-refractivity contribution in [3.05, 3.63) is 55.9 Å². The largest absolute Gasteiger partial charge is 0.493 e. The van der Waals surface area contributed by atoms with Crippen molar-refractivity contribution in [3.8, 4) is 11.5 Å². The van der Waals surface area contributed by atoms with Gasteiger partial charge in [-0.05, 0) is 58.4 Å². The molecule has 2 aromatic carbocycles. The third kappa shape index (κ3) is 5.11. The van der Waals surface area contributed by atoms with E-state index < -0.39 is 0 Å². The monoisotopic (exact) mass is 462 g/mol. The van der Waals surface area contributed by atoms with E-state index in [1.807, 2.05) is 42.5 Å². The van der Waals surface area contributed by atoms with Crippen molar-refractivity contribution < 1.29 is 9.47 Å². The molecule has 0 aromatic heterocycles. The van der Waals surface area contributed by atoms with Gasteiger partial charge in [0.05, 0.1) is 17.7 Å². The van der Waals surface area contributed by atoms with E-state index in [2.05, 4.69) is 47.8 Å². The number of benzene rings is 2. The fourth-order valence-electron chi connectivity index (χ4n) is 1.55. The Labute approximate surface area is 143 Å². The van der Waals surface area contributed by atoms with Gasteiger partial charge >= 0.3 is 0 Å². The van der Waals surface area contributed by atoms with Gasteiger partial charge in [-0.1, -0.05) is 31.9 Å². The summed E-state index contributed by atoms with van der Waals surface area (Å²) in [6, 6.07) is 13.7. The number of rotatable bonds is 6. The zero-order chi connectivity index (χ0) is 14.4. The highest BCUT2D eigenvalue weighted by Gasteiger charge is 2.02. The first-order valence-electron chi connectivity index (χ1n) is 6.11. The fraction of sp³-hybridized carbons (Fsp3) is 0.200. The highest BCUT2D eigenvalue weighted by atomic mass is 79.9. The molecule has 0 fully saturated rings. The summed E-state index contributed by atoms with van der Waals surface area (Å²) >= 11 is 10.3. The number of halogens is 3. The molecule has 0 unspecified atom stereocenters. The lowest BCUT2D eigenvalue weighted by atomic mass is 10.3. The number of hydrogen-bond donors (Lipinski definition) is 0. The van der Waals surface area contributed by atoms with Crippen molar-refractivity contribution in [3.63, 3.8) is 0 Å². The van der Waals surface area contributed by atoms with Gasteiger partial charge in [0.2, 0.25) is 0 Å². The van der Waals surface area contributed by atoms with Crippen LogP contribution in [0.4, 0.5) is 0 Å². The highest BCUT2D eigenvalue weighted by molar-refractivity contribution is 9.11. The van der Waals surface area contributed by atoms with Crippen LogP contribution in [0.1, 0.15) is 6.42 Å². The van der Waals surface area contributed by atoms with E-state index in [-0.39, 0.29) is 0 Å². The van der Waals surface area contributed by atoms with Crippen molar-refractivity contribution >= 4 is 47.8 Å². The van der Waals surface area contributed by atoms with Gasteiger partial charge in [-0.2, -0.15) is 0 Å². The molecule has 0 atom stereocenters. The van der Waals surface area contributed by atoms with Crippen molar-refractivity contribution in [2.45, 2.75) is 6.42 Å². The van der Waals surface area contributed by atoms with Gasteiger partial charge in [-0.15, -0.1) is 0 Å². The smallest absolute Gasteiger partial charge is 0.134 e. The first kappa shape index (κ1) is 15.9. The Bertz CT molecular complexity index is 556. The standard InChI is InChI=1S/C15H13Br3O2/c16-11-2-5-13(6-3-11)19-8-1-9-20-15-10-12(17)4-7-14(15)18/h2-7,10H,1,8-9H2. The Morgan fingerprint density at radius 3 is 2.15 bits per heavy atom. The summed E-state index contributed by atoms with van der Waals surface area (Å²) in [5.74, 6) is 1.71. The molecule has 5 heteroatoms. The van der Waals surface area contributed by atoms with Crippen LogP contribution in [-0.2, 0) is 0 Å². The molecule has 0 spiro atoms. The molecule has 106 valence electrons. The van der Waals surface area contributed by atoms with Gasteiger partial charge in [-0.25, -0.2) is 0 Å². The zero-order valence-corrected chi connectivity index (χ0v) is 15.4. The SMILES string of the molecule is Brc1ccc(OCCCOc2cc(Br)ccc2Br)cc1. The van der Waals surface area contributed by atoms with Gasteiger partial charge in [0.25, 0.3) is 0 Å². The van der Waals surface area contributed by atoms with Crippen LogP contribution in [0, 0.1) is 0 Å². The molecule has 0 saturated carbocycles. The summed E-state index contributed by atoms with van der Waals surface area (Å²) in [5.41, 5.74) is 0. The van der Waals surface area contributed by atoms with E-state index in [0.717, 1.165) is 31.3 Å². The minimum Gasteiger partial charge on any atom is -0.493 e. The molecule has 2 nitrogen and oxygen atoms in total. The van der Waals surface area contributed by atoms with Crippen LogP contribution >= 0.6 is 47.8 Å². The zero-order valence-electron chi connectivity index (χ0n) is 10.6. The van der Waals surface area contributed by atoms with Crippen LogP contribution in [0.15, 0.2) is 55.9 Å². The molecule has 0 radical (unpaired) electrons. The van der Waals surface area contributed by atoms with Gasteiger partial charge in [0, 0.05) is 15.4 Å². The van der Waals surface area contributed by atoms with Crippen LogP contribution in [0.3, 0.4) is 0 Å². The van der Waals surface area contributed by atoms with E-state index in [4.69, 9.17) is 9.47 Å². The van der Waals surface area contributed by atoms with Crippen LogP contribution in [0.5, 0.6) is 11.5 Å². The fourth-order valence-corrected chi connectivity index (χ4v) is 2.52. The molecule has 0 amide bonds. The average Bonchev–Trinajstić information content (AvgIpc) is 2.44. The van der Waals surface area contributed by atoms with E-state index in [9.17, 15) is 0 Å². The third-order valence-electron chi connectivity index (χ3n) is 2.52. The number of ether oxygens (including phenoxy) is 2. The second-order valence-electron chi connectivity index (χ2n) is 4.08. The molecule has 0 bridgehead atoms. The summed E-state index contributed by atoms with van der Waals surface area (Å²) in [6.45, 7) is 1.25. The van der Waals surface area contributed by atoms with Crippen LogP contribution < -0.4 is 9.47 Å². The second-order valence-corrected chi connectivity index (χ2v) is 6.76. The summed E-state index contributed by atoms with van der Waals surface area (Å²) in [6.07, 6.45) is 0.828. The molecule has 0 N–H and O–H groups in total. The van der Waals surface area contributed by atoms with Crippen LogP contribution in [0.25, 0.3) is 0 Å². The third-order valence-corrected chi connectivity index (χ3v) is 4.20. The maximum Gasteiger partial charge on any atom is 0.134 e. The second kappa shape index (κ2) is 8.05. The van der Waals surface area contributed by atoms with Gasteiger partial charge in [0.1, 0.15) is 11.5 Å². The molecule has 0 aliphatic heterocycles. The predicted molar refractivity (Wildman–Crippen MR) is 91.6 cm³/mol. The maximum absolute atomic E-state index is 5.71. The molecule has 0 saturated heterocycles. The molecule has 20 heavy (non-hydrogen) atoms. The molecule has 0 aliphatic rings. The minimum atomic E-state index is 0.617. The Balaban J connectivity index is 1.71. The normalized spacial score (nSPS) is 10.3. The van der Waals surface area contributed by atoms with Gasteiger partial charge < -0.3 is 9.47 Å². The summed E-state index contributed by atoms with van der Waals surface area (Å²) < 4.78 is 14.3. The van der Waals surface area contributed by atoms with Crippen molar-refractivity contribution in [1.82, 2.24) is 0 Å². The lowest BCUT2D eigenvalue weighted by Gasteiger charge is -2.09. The first-order valence-corrected chi connectivity index (χ1v) is 8.49. The predicted octanol–water partition coefficient (Wildman–Crippen LogP) is 5.82. The molecule has 2 aromatic rings. The molecule has 0 heterocycles. The maximum atomic E-state index is 5.71. The first-order chi connectivity index (χ1) is 9.65. The molecule has 2 rings (SSSR count). The summed E-state index contributed by atoms with van der Waals surface area (Å²) in [5, 5.41) is 0. The Morgan fingerprint density at radius 1 is 0.750 bits per heavy atom. The Kier molecular flexibility index (Phi) is 6.39. The topological polar surface area (TPSA) is 18.5 Å². The Hall–Kier alpha value is -0.520. The Morgan fingerprint density at radius 2 is 1.40 bits per heavy atom. The van der Waals surface area contributed by atoms with Crippen LogP contribution in [0.2, 0.25) is 0 Å². The van der Waals surface area contributed by atoms with Crippen LogP contribution in [-0.4, -0.2) is 13.2 Å². The quantitative estimate of drug-likeness (QED) is 0.501. The van der Waals surface area contributed by atoms with E-state index in [1.165, 1.54) is 0 Å². The van der Waals surface area contributed by atoms with Gasteiger partial charge in [-0.3, -0.25) is 0 Å². The number of hydrogen-bond acceptors (Lipinski definition) is 2. The van der Waals surface area contributed by atoms with Crippen molar-refractivity contribution in [2.75, 3.05) is 13.2 Å². The lowest BCUT2D eigenvalue weighted by Crippen LogP contribution is -2.05. The summed E-state index contributed by atoms with van der Waals surface area (Å²) in [7, 11) is 0. The molecular formula is C15H13Br3O2. The molecular weight excluding hydrogens is 452 g/mol. The van der Waals surface area contributed by atoms with E-state index in [0.29, 0.717) is 13.2 Å².